The molecule has 0 unspecified atom stereocenters. The molecule has 0 aliphatic carbocycles. The van der Waals surface area contributed by atoms with Gasteiger partial charge in [0.05, 0.1) is 0 Å². The van der Waals surface area contributed by atoms with Crippen molar-refractivity contribution in [3.8, 4) is 0 Å². The predicted molar refractivity (Wildman–Crippen MR) is 55.9 cm³/mol. The standard InChI is InChI=1S/C11H14O6/c1-6(12)5-11(7(2)13,8(3)14)10(16)17-9(4)15/h5H2,1-4H3. The Hall–Kier alpha value is -1.85. The van der Waals surface area contributed by atoms with E-state index in [1.165, 1.54) is 0 Å². The molecule has 0 atom stereocenters. The van der Waals surface area contributed by atoms with Gasteiger partial charge >= 0.3 is 11.9 Å². The second-order valence-electron chi connectivity index (χ2n) is 3.78. The average molecular weight is 242 g/mol. The molecule has 0 saturated carbocycles. The fraction of sp³-hybridized carbons (Fsp3) is 0.545. The van der Waals surface area contributed by atoms with Crippen molar-refractivity contribution in [2.24, 2.45) is 5.41 Å². The first-order chi connectivity index (χ1) is 7.64. The maximum Gasteiger partial charge on any atom is 0.335 e. The molecule has 0 amide bonds. The zero-order valence-corrected chi connectivity index (χ0v) is 10.2. The SMILES string of the molecule is CC(=O)CC(C(C)=O)(C(C)=O)C(=O)OC(C)=O. The third-order valence-electron chi connectivity index (χ3n) is 2.30. The molecule has 0 heterocycles. The topological polar surface area (TPSA) is 94.6 Å². The van der Waals surface area contributed by atoms with Crippen LogP contribution in [0.2, 0.25) is 0 Å². The summed E-state index contributed by atoms with van der Waals surface area (Å²) in [4.78, 5) is 56.4. The monoisotopic (exact) mass is 242 g/mol. The molecule has 0 saturated heterocycles. The van der Waals surface area contributed by atoms with Crippen LogP contribution in [0.4, 0.5) is 0 Å². The van der Waals surface area contributed by atoms with Crippen LogP contribution in [0, 0.1) is 5.41 Å². The summed E-state index contributed by atoms with van der Waals surface area (Å²) in [6.45, 7) is 4.12. The van der Waals surface area contributed by atoms with E-state index >= 15 is 0 Å². The predicted octanol–water partition coefficient (Wildman–Crippen LogP) is 0.220. The van der Waals surface area contributed by atoms with Crippen LogP contribution in [0.15, 0.2) is 0 Å². The third-order valence-corrected chi connectivity index (χ3v) is 2.30. The van der Waals surface area contributed by atoms with Crippen molar-refractivity contribution >= 4 is 29.3 Å². The molecule has 0 aliphatic heterocycles. The second-order valence-corrected chi connectivity index (χ2v) is 3.78. The van der Waals surface area contributed by atoms with Gasteiger partial charge in [-0.3, -0.25) is 19.2 Å². The number of rotatable bonds is 5. The maximum absolute atomic E-state index is 11.7. The first kappa shape index (κ1) is 15.2. The molecule has 0 aromatic heterocycles. The minimum Gasteiger partial charge on any atom is -0.392 e. The van der Waals surface area contributed by atoms with Crippen LogP contribution in [0.25, 0.3) is 0 Å². The van der Waals surface area contributed by atoms with Gasteiger partial charge in [0.1, 0.15) is 5.78 Å². The van der Waals surface area contributed by atoms with E-state index in [1.807, 2.05) is 0 Å². The number of ketones is 3. The van der Waals surface area contributed by atoms with Crippen LogP contribution in [-0.2, 0) is 28.7 Å². The van der Waals surface area contributed by atoms with Crippen LogP contribution in [0.3, 0.4) is 0 Å². The summed E-state index contributed by atoms with van der Waals surface area (Å²) in [5.41, 5.74) is -2.20. The van der Waals surface area contributed by atoms with Crippen molar-refractivity contribution in [1.29, 1.82) is 0 Å². The number of hydrogen-bond donors (Lipinski definition) is 0. The molecule has 6 nitrogen and oxygen atoms in total. The molecule has 0 aromatic rings. The number of ether oxygens (including phenoxy) is 1. The molecule has 0 radical (unpaired) electrons. The van der Waals surface area contributed by atoms with Crippen molar-refractivity contribution in [3.05, 3.63) is 0 Å². The highest BCUT2D eigenvalue weighted by Crippen LogP contribution is 2.27. The summed E-state index contributed by atoms with van der Waals surface area (Å²) in [5.74, 6) is -4.38. The van der Waals surface area contributed by atoms with Crippen LogP contribution < -0.4 is 0 Å². The molecule has 94 valence electrons. The van der Waals surface area contributed by atoms with Crippen molar-refractivity contribution in [2.45, 2.75) is 34.1 Å². The van der Waals surface area contributed by atoms with Gasteiger partial charge in [-0.1, -0.05) is 0 Å². The lowest BCUT2D eigenvalue weighted by Gasteiger charge is -2.24. The number of esters is 2. The van der Waals surface area contributed by atoms with E-state index in [0.717, 1.165) is 27.7 Å². The minimum absolute atomic E-state index is 0.518. The van der Waals surface area contributed by atoms with Gasteiger partial charge in [-0.2, -0.15) is 0 Å². The lowest BCUT2D eigenvalue weighted by molar-refractivity contribution is -0.170. The van der Waals surface area contributed by atoms with Gasteiger partial charge in [0.15, 0.2) is 17.0 Å². The van der Waals surface area contributed by atoms with E-state index in [4.69, 9.17) is 0 Å². The van der Waals surface area contributed by atoms with Crippen LogP contribution in [0.1, 0.15) is 34.1 Å². The molecular formula is C11H14O6. The van der Waals surface area contributed by atoms with Gasteiger partial charge in [-0.05, 0) is 20.8 Å². The smallest absolute Gasteiger partial charge is 0.335 e. The minimum atomic E-state index is -2.20. The highest BCUT2D eigenvalue weighted by Gasteiger charge is 2.51. The van der Waals surface area contributed by atoms with Gasteiger partial charge in [-0.25, -0.2) is 4.79 Å². The first-order valence-electron chi connectivity index (χ1n) is 4.89. The maximum atomic E-state index is 11.7. The number of carbonyl (C=O) groups is 5. The van der Waals surface area contributed by atoms with E-state index < -0.39 is 41.1 Å². The highest BCUT2D eigenvalue weighted by atomic mass is 16.6. The van der Waals surface area contributed by atoms with Crippen molar-refractivity contribution in [3.63, 3.8) is 0 Å². The molecule has 6 heteroatoms. The van der Waals surface area contributed by atoms with E-state index in [9.17, 15) is 24.0 Å². The molecule has 0 rings (SSSR count). The summed E-state index contributed by atoms with van der Waals surface area (Å²) in [6.07, 6.45) is -0.593. The van der Waals surface area contributed by atoms with Gasteiger partial charge in [0.25, 0.3) is 0 Å². The Bertz CT molecular complexity index is 379. The lowest BCUT2D eigenvalue weighted by Crippen LogP contribution is -2.47. The zero-order valence-electron chi connectivity index (χ0n) is 10.2. The summed E-state index contributed by atoms with van der Waals surface area (Å²) in [5, 5.41) is 0. The Balaban J connectivity index is 5.55. The van der Waals surface area contributed by atoms with Gasteiger partial charge < -0.3 is 4.74 Å². The zero-order chi connectivity index (χ0) is 13.8. The summed E-state index contributed by atoms with van der Waals surface area (Å²) in [6, 6.07) is 0. The largest absolute Gasteiger partial charge is 0.392 e. The van der Waals surface area contributed by atoms with E-state index in [1.54, 1.807) is 0 Å². The first-order valence-corrected chi connectivity index (χ1v) is 4.89. The quantitative estimate of drug-likeness (QED) is 0.505. The molecule has 0 aromatic carbocycles. The van der Waals surface area contributed by atoms with E-state index in [2.05, 4.69) is 4.74 Å². The average Bonchev–Trinajstić information content (AvgIpc) is 2.10. The number of Topliss-reactive ketones (excluding diaryl/α,β-unsaturated/α-hetero) is 3. The molecular weight excluding hydrogens is 228 g/mol. The summed E-state index contributed by atoms with van der Waals surface area (Å²) in [7, 11) is 0. The molecule has 0 N–H and O–H groups in total. The van der Waals surface area contributed by atoms with Gasteiger partial charge in [0, 0.05) is 13.3 Å². The van der Waals surface area contributed by atoms with Gasteiger partial charge in [-0.15, -0.1) is 0 Å². The Morgan fingerprint density at radius 2 is 1.29 bits per heavy atom. The lowest BCUT2D eigenvalue weighted by atomic mass is 9.76. The molecule has 0 aliphatic rings. The normalized spacial score (nSPS) is 10.6. The molecule has 0 bridgehead atoms. The molecule has 0 fully saturated rings. The Kier molecular flexibility index (Phi) is 4.87. The second kappa shape index (κ2) is 5.47. The highest BCUT2D eigenvalue weighted by molar-refractivity contribution is 6.24. The fourth-order valence-corrected chi connectivity index (χ4v) is 1.45. The molecule has 17 heavy (non-hydrogen) atoms. The Morgan fingerprint density at radius 3 is 1.53 bits per heavy atom. The summed E-state index contributed by atoms with van der Waals surface area (Å²) >= 11 is 0. The van der Waals surface area contributed by atoms with Crippen LogP contribution >= 0.6 is 0 Å². The number of carbonyl (C=O) groups excluding carboxylic acids is 5. The molecule has 0 spiro atoms. The van der Waals surface area contributed by atoms with Crippen molar-refractivity contribution in [1.82, 2.24) is 0 Å². The summed E-state index contributed by atoms with van der Waals surface area (Å²) < 4.78 is 4.27. The van der Waals surface area contributed by atoms with Gasteiger partial charge in [0.2, 0.25) is 0 Å². The fourth-order valence-electron chi connectivity index (χ4n) is 1.45. The van der Waals surface area contributed by atoms with Crippen molar-refractivity contribution < 1.29 is 28.7 Å². The van der Waals surface area contributed by atoms with Crippen LogP contribution in [0.5, 0.6) is 0 Å². The van der Waals surface area contributed by atoms with E-state index in [0.29, 0.717) is 0 Å². The Morgan fingerprint density at radius 1 is 0.882 bits per heavy atom. The number of hydrogen-bond acceptors (Lipinski definition) is 6. The Labute approximate surface area is 98.3 Å². The van der Waals surface area contributed by atoms with Crippen LogP contribution in [-0.4, -0.2) is 29.3 Å². The van der Waals surface area contributed by atoms with Crippen molar-refractivity contribution in [2.75, 3.05) is 0 Å². The van der Waals surface area contributed by atoms with E-state index in [-0.39, 0.29) is 0 Å². The third kappa shape index (κ3) is 3.30.